The Morgan fingerprint density at radius 1 is 1.09 bits per heavy atom. The lowest BCUT2D eigenvalue weighted by molar-refractivity contribution is -0.139. The summed E-state index contributed by atoms with van der Waals surface area (Å²) in [5, 5.41) is 10.4. The van der Waals surface area contributed by atoms with Gasteiger partial charge in [0.05, 0.1) is 18.7 Å². The number of pyridine rings is 1. The Balaban J connectivity index is 1.32. The number of amides is 3. The topological polar surface area (TPSA) is 161 Å². The molecule has 6 rings (SSSR count). The first-order valence-corrected chi connectivity index (χ1v) is 19.6. The number of aryl methyl sites for hydroxylation is 3. The summed E-state index contributed by atoms with van der Waals surface area (Å²) in [6.45, 7) is 12.4. The third-order valence-corrected chi connectivity index (χ3v) is 10.8. The fourth-order valence-corrected chi connectivity index (χ4v) is 7.64. The van der Waals surface area contributed by atoms with E-state index in [9.17, 15) is 28.0 Å². The minimum atomic E-state index is -3.72. The van der Waals surface area contributed by atoms with Crippen LogP contribution in [0.2, 0.25) is 0 Å². The highest BCUT2D eigenvalue weighted by molar-refractivity contribution is 6.07. The Hall–Kier alpha value is -5.70. The number of halogens is 2. The number of ketones is 1. The molecule has 1 aliphatic heterocycles. The molecule has 1 saturated heterocycles. The van der Waals surface area contributed by atoms with Gasteiger partial charge in [-0.3, -0.25) is 23.9 Å². The lowest BCUT2D eigenvalue weighted by Gasteiger charge is -2.27. The SMILES string of the molecule is C=CCOCc1cc(-c2ncc(C)cn2)cc2c(C(C)=O)nn(CC(=O)N3[C@H](C(=O)Nc4nc(C)ccc4C)C[C@@]4(CNC(=O)C(F)(F)C=CCCCCC)C[C@@H]34)c12. The molecular formula is C43H50F2N8O5. The van der Waals surface area contributed by atoms with Gasteiger partial charge < -0.3 is 20.3 Å². The van der Waals surface area contributed by atoms with E-state index >= 15 is 0 Å². The van der Waals surface area contributed by atoms with Gasteiger partial charge in [0, 0.05) is 59.5 Å². The molecule has 4 aromatic rings. The molecule has 0 bridgehead atoms. The molecule has 58 heavy (non-hydrogen) atoms. The number of unbranched alkanes of at least 4 members (excludes halogenated alkanes) is 3. The molecule has 0 radical (unpaired) electrons. The van der Waals surface area contributed by atoms with Crippen molar-refractivity contribution >= 4 is 40.2 Å². The summed E-state index contributed by atoms with van der Waals surface area (Å²) in [6, 6.07) is 5.68. The Bertz CT molecular complexity index is 2250. The van der Waals surface area contributed by atoms with Crippen molar-refractivity contribution < 1.29 is 32.7 Å². The number of rotatable bonds is 18. The van der Waals surface area contributed by atoms with Crippen LogP contribution in [0.1, 0.15) is 85.2 Å². The van der Waals surface area contributed by atoms with Gasteiger partial charge >= 0.3 is 5.92 Å². The van der Waals surface area contributed by atoms with Gasteiger partial charge in [0.25, 0.3) is 5.91 Å². The van der Waals surface area contributed by atoms with Gasteiger partial charge in [-0.1, -0.05) is 38.0 Å². The van der Waals surface area contributed by atoms with E-state index < -0.39 is 41.1 Å². The van der Waals surface area contributed by atoms with Crippen LogP contribution in [0.5, 0.6) is 0 Å². The first-order valence-electron chi connectivity index (χ1n) is 19.6. The van der Waals surface area contributed by atoms with Crippen molar-refractivity contribution in [1.29, 1.82) is 0 Å². The zero-order valence-electron chi connectivity index (χ0n) is 33.6. The Labute approximate surface area is 336 Å². The molecule has 2 fully saturated rings. The van der Waals surface area contributed by atoms with Crippen LogP contribution in [-0.4, -0.2) is 84.3 Å². The number of aromatic nitrogens is 5. The summed E-state index contributed by atoms with van der Waals surface area (Å²) in [4.78, 5) is 69.4. The molecule has 1 aliphatic carbocycles. The van der Waals surface area contributed by atoms with Crippen LogP contribution in [-0.2, 0) is 32.3 Å². The second-order valence-corrected chi connectivity index (χ2v) is 15.4. The molecule has 2 aliphatic rings. The highest BCUT2D eigenvalue weighted by Gasteiger charge is 2.67. The number of piperidine rings is 1. The third kappa shape index (κ3) is 9.04. The van der Waals surface area contributed by atoms with Crippen molar-refractivity contribution in [3.05, 3.63) is 89.5 Å². The Morgan fingerprint density at radius 2 is 1.84 bits per heavy atom. The highest BCUT2D eigenvalue weighted by Crippen LogP contribution is 2.59. The maximum Gasteiger partial charge on any atom is 0.343 e. The second kappa shape index (κ2) is 17.4. The predicted molar refractivity (Wildman–Crippen MR) is 215 cm³/mol. The summed E-state index contributed by atoms with van der Waals surface area (Å²) < 4.78 is 37.0. The van der Waals surface area contributed by atoms with Crippen molar-refractivity contribution in [3.63, 3.8) is 0 Å². The second-order valence-electron chi connectivity index (χ2n) is 15.4. The Kier molecular flexibility index (Phi) is 12.6. The number of fused-ring (bicyclic) bond motifs is 2. The molecule has 0 unspecified atom stereocenters. The number of nitrogens with one attached hydrogen (secondary N) is 2. The first-order chi connectivity index (χ1) is 27.7. The van der Waals surface area contributed by atoms with E-state index in [1.165, 1.54) is 22.6 Å². The number of allylic oxidation sites excluding steroid dienone is 1. The molecule has 3 amide bonds. The predicted octanol–water partition coefficient (Wildman–Crippen LogP) is 6.61. The summed E-state index contributed by atoms with van der Waals surface area (Å²) in [6.07, 6.45) is 10.5. The Morgan fingerprint density at radius 3 is 2.55 bits per heavy atom. The van der Waals surface area contributed by atoms with Crippen molar-refractivity contribution in [1.82, 2.24) is 34.9 Å². The van der Waals surface area contributed by atoms with Gasteiger partial charge in [-0.25, -0.2) is 15.0 Å². The van der Waals surface area contributed by atoms with Crippen LogP contribution in [0.25, 0.3) is 22.3 Å². The average molecular weight is 797 g/mol. The number of ether oxygens (including phenoxy) is 1. The standard InChI is InChI=1S/C43H50F2N8O5/c1-7-9-10-11-12-15-43(44,45)41(57)48-25-42-19-33(40(56)50-38-27(4)13-14-28(5)49-38)53(34(42)20-42)35(55)23-52-37-31(24-58-16-8-2)17-30(39-46-21-26(3)22-47-39)18-32(37)36(51-52)29(6)54/h8,12-15,17-18,21-22,33-34H,2,7,9-11,16,19-20,23-25H2,1,3-6H3,(H,48,57)(H,49,50,56)/t33-,34+,42-/m0/s1. The van der Waals surface area contributed by atoms with E-state index in [1.54, 1.807) is 38.4 Å². The first kappa shape index (κ1) is 41.9. The number of Topliss-reactive ketones (excluding diaryl/α,β-unsaturated/α-hetero) is 1. The quantitative estimate of drug-likeness (QED) is 0.0642. The van der Waals surface area contributed by atoms with Crippen LogP contribution in [0.4, 0.5) is 14.6 Å². The van der Waals surface area contributed by atoms with Crippen LogP contribution < -0.4 is 10.6 Å². The largest absolute Gasteiger partial charge is 0.373 e. The van der Waals surface area contributed by atoms with Gasteiger partial charge in [0.1, 0.15) is 24.1 Å². The van der Waals surface area contributed by atoms with Crippen LogP contribution in [0.3, 0.4) is 0 Å². The van der Waals surface area contributed by atoms with E-state index in [-0.39, 0.29) is 44.2 Å². The van der Waals surface area contributed by atoms with Crippen molar-refractivity contribution in [3.8, 4) is 11.4 Å². The minimum absolute atomic E-state index is 0.0844. The van der Waals surface area contributed by atoms with Crippen LogP contribution in [0, 0.1) is 26.2 Å². The summed E-state index contributed by atoms with van der Waals surface area (Å²) >= 11 is 0. The van der Waals surface area contributed by atoms with E-state index in [1.807, 2.05) is 32.0 Å². The van der Waals surface area contributed by atoms with Crippen LogP contribution in [0.15, 0.2) is 61.5 Å². The van der Waals surface area contributed by atoms with Gasteiger partial charge in [-0.2, -0.15) is 13.9 Å². The molecular weight excluding hydrogens is 747 g/mol. The van der Waals surface area contributed by atoms with E-state index in [2.05, 4.69) is 37.3 Å². The number of nitrogens with zero attached hydrogens (tertiary/aromatic N) is 6. The van der Waals surface area contributed by atoms with Crippen molar-refractivity contribution in [2.45, 2.75) is 104 Å². The van der Waals surface area contributed by atoms with Gasteiger partial charge in [-0.05, 0) is 81.9 Å². The monoisotopic (exact) mass is 796 g/mol. The third-order valence-electron chi connectivity index (χ3n) is 10.8. The zero-order valence-corrected chi connectivity index (χ0v) is 33.6. The molecule has 1 saturated carbocycles. The number of hydrogen-bond acceptors (Lipinski definition) is 9. The zero-order chi connectivity index (χ0) is 41.8. The molecule has 306 valence electrons. The number of hydrogen-bond donors (Lipinski definition) is 2. The number of carbonyl (C=O) groups is 4. The van der Waals surface area contributed by atoms with E-state index in [4.69, 9.17) is 4.74 Å². The maximum absolute atomic E-state index is 14.9. The normalized spacial score (nSPS) is 18.7. The summed E-state index contributed by atoms with van der Waals surface area (Å²) in [5.74, 6) is -5.70. The summed E-state index contributed by atoms with van der Waals surface area (Å²) in [7, 11) is 0. The molecule has 1 aromatic carbocycles. The fraction of sp³-hybridized carbons (Fsp3) is 0.442. The van der Waals surface area contributed by atoms with Crippen molar-refractivity contribution in [2.24, 2.45) is 5.41 Å². The smallest absolute Gasteiger partial charge is 0.343 e. The van der Waals surface area contributed by atoms with Crippen molar-refractivity contribution in [2.75, 3.05) is 18.5 Å². The molecule has 3 aromatic heterocycles. The van der Waals surface area contributed by atoms with Crippen LogP contribution >= 0.6 is 0 Å². The molecule has 2 N–H and O–H groups in total. The minimum Gasteiger partial charge on any atom is -0.373 e. The van der Waals surface area contributed by atoms with Gasteiger partial charge in [-0.15, -0.1) is 6.58 Å². The van der Waals surface area contributed by atoms with E-state index in [0.29, 0.717) is 63.8 Å². The highest BCUT2D eigenvalue weighted by atomic mass is 19.3. The fourth-order valence-electron chi connectivity index (χ4n) is 7.64. The molecule has 13 nitrogen and oxygen atoms in total. The van der Waals surface area contributed by atoms with Gasteiger partial charge in [0.15, 0.2) is 11.6 Å². The number of alkyl halides is 2. The number of anilines is 1. The molecule has 0 spiro atoms. The van der Waals surface area contributed by atoms with Gasteiger partial charge in [0.2, 0.25) is 11.8 Å². The number of likely N-dealkylation sites (tertiary alicyclic amines) is 1. The lowest BCUT2D eigenvalue weighted by Crippen LogP contribution is -2.47. The molecule has 3 atom stereocenters. The maximum atomic E-state index is 14.9. The number of carbonyl (C=O) groups excluding carboxylic acids is 4. The number of benzene rings is 1. The average Bonchev–Trinajstić information content (AvgIpc) is 3.60. The van der Waals surface area contributed by atoms with E-state index in [0.717, 1.165) is 24.8 Å². The molecule has 15 heteroatoms. The summed E-state index contributed by atoms with van der Waals surface area (Å²) in [5.41, 5.74) is 3.31. The lowest BCUT2D eigenvalue weighted by atomic mass is 9.98. The molecule has 4 heterocycles.